The van der Waals surface area contributed by atoms with Crippen LogP contribution >= 0.6 is 24.8 Å². The standard InChI is InChI=1S/C5H9N3.2ClH/c1-2-8-4-5(6)3-7-8;;/h3-4H,2,6H2,1H3;2*1H. The predicted octanol–water partition coefficient (Wildman–Crippen LogP) is 1.33. The van der Waals surface area contributed by atoms with E-state index in [-0.39, 0.29) is 24.8 Å². The Morgan fingerprint density at radius 3 is 2.40 bits per heavy atom. The van der Waals surface area contributed by atoms with Crippen molar-refractivity contribution in [1.82, 2.24) is 9.78 Å². The molecule has 0 saturated heterocycles. The quantitative estimate of drug-likeness (QED) is 0.715. The number of nitrogens with two attached hydrogens (primary N) is 1. The van der Waals surface area contributed by atoms with E-state index in [0.29, 0.717) is 0 Å². The van der Waals surface area contributed by atoms with Gasteiger partial charge in [0.25, 0.3) is 0 Å². The first-order valence-corrected chi connectivity index (χ1v) is 2.61. The maximum absolute atomic E-state index is 5.37. The van der Waals surface area contributed by atoms with Crippen LogP contribution in [0.2, 0.25) is 0 Å². The monoisotopic (exact) mass is 183 g/mol. The number of halogens is 2. The minimum atomic E-state index is 0. The van der Waals surface area contributed by atoms with Gasteiger partial charge in [0.2, 0.25) is 0 Å². The third kappa shape index (κ3) is 2.94. The summed E-state index contributed by atoms with van der Waals surface area (Å²) in [6, 6.07) is 0. The lowest BCUT2D eigenvalue weighted by atomic mass is 10.6. The van der Waals surface area contributed by atoms with Crippen LogP contribution in [0.25, 0.3) is 0 Å². The molecule has 0 radical (unpaired) electrons. The third-order valence-electron chi connectivity index (χ3n) is 0.977. The van der Waals surface area contributed by atoms with Gasteiger partial charge in [0.05, 0.1) is 11.9 Å². The van der Waals surface area contributed by atoms with Gasteiger partial charge in [0.15, 0.2) is 0 Å². The minimum Gasteiger partial charge on any atom is -0.396 e. The first kappa shape index (κ1) is 12.3. The van der Waals surface area contributed by atoms with E-state index < -0.39 is 0 Å². The Bertz CT molecular complexity index is 175. The Labute approximate surface area is 72.4 Å². The van der Waals surface area contributed by atoms with Gasteiger partial charge in [-0.15, -0.1) is 24.8 Å². The number of hydrogen-bond acceptors (Lipinski definition) is 2. The van der Waals surface area contributed by atoms with Gasteiger partial charge >= 0.3 is 0 Å². The van der Waals surface area contributed by atoms with Gasteiger partial charge in [-0.05, 0) is 6.92 Å². The van der Waals surface area contributed by atoms with E-state index >= 15 is 0 Å². The van der Waals surface area contributed by atoms with Crippen LogP contribution in [0.4, 0.5) is 5.69 Å². The topological polar surface area (TPSA) is 43.8 Å². The molecule has 0 spiro atoms. The number of anilines is 1. The van der Waals surface area contributed by atoms with Crippen molar-refractivity contribution in [3.63, 3.8) is 0 Å². The summed E-state index contributed by atoms with van der Waals surface area (Å²) < 4.78 is 1.79. The molecule has 5 heteroatoms. The highest BCUT2D eigenvalue weighted by Crippen LogP contribution is 1.95. The molecule has 2 N–H and O–H groups in total. The molecule has 0 amide bonds. The van der Waals surface area contributed by atoms with Crippen LogP contribution in [-0.4, -0.2) is 9.78 Å². The summed E-state index contributed by atoms with van der Waals surface area (Å²) in [5.74, 6) is 0. The van der Waals surface area contributed by atoms with Crippen LogP contribution in [0.15, 0.2) is 12.4 Å². The third-order valence-corrected chi connectivity index (χ3v) is 0.977. The van der Waals surface area contributed by atoms with Crippen LogP contribution in [0, 0.1) is 0 Å². The highest BCUT2D eigenvalue weighted by Gasteiger charge is 1.86. The molecule has 10 heavy (non-hydrogen) atoms. The molecule has 0 aliphatic carbocycles. The molecule has 0 atom stereocenters. The summed E-state index contributed by atoms with van der Waals surface area (Å²) in [7, 11) is 0. The zero-order chi connectivity index (χ0) is 5.98. The highest BCUT2D eigenvalue weighted by molar-refractivity contribution is 5.85. The Hall–Kier alpha value is -0.410. The Kier molecular flexibility index (Phi) is 6.61. The maximum atomic E-state index is 5.37. The molecular formula is C5H11Cl2N3. The van der Waals surface area contributed by atoms with Crippen molar-refractivity contribution in [1.29, 1.82) is 0 Å². The van der Waals surface area contributed by atoms with Gasteiger partial charge < -0.3 is 5.73 Å². The lowest BCUT2D eigenvalue weighted by molar-refractivity contribution is 0.660. The van der Waals surface area contributed by atoms with E-state index in [1.54, 1.807) is 17.1 Å². The second kappa shape index (κ2) is 5.38. The van der Waals surface area contributed by atoms with Gasteiger partial charge in [-0.3, -0.25) is 4.68 Å². The Morgan fingerprint density at radius 2 is 2.20 bits per heavy atom. The largest absolute Gasteiger partial charge is 0.396 e. The molecular weight excluding hydrogens is 173 g/mol. The molecule has 1 heterocycles. The van der Waals surface area contributed by atoms with Crippen molar-refractivity contribution in [3.05, 3.63) is 12.4 Å². The van der Waals surface area contributed by atoms with Crippen molar-refractivity contribution in [2.24, 2.45) is 0 Å². The van der Waals surface area contributed by atoms with Crippen LogP contribution in [0.3, 0.4) is 0 Å². The normalized spacial score (nSPS) is 7.70. The van der Waals surface area contributed by atoms with Crippen molar-refractivity contribution < 1.29 is 0 Å². The number of nitrogen functional groups attached to an aromatic ring is 1. The van der Waals surface area contributed by atoms with Gasteiger partial charge in [-0.25, -0.2) is 0 Å². The molecule has 0 aliphatic rings. The van der Waals surface area contributed by atoms with E-state index in [9.17, 15) is 0 Å². The highest BCUT2D eigenvalue weighted by atomic mass is 35.5. The minimum absolute atomic E-state index is 0. The SMILES string of the molecule is CCn1cc(N)cn1.Cl.Cl. The average molecular weight is 184 g/mol. The van der Waals surface area contributed by atoms with Crippen LogP contribution in [-0.2, 0) is 6.54 Å². The summed E-state index contributed by atoms with van der Waals surface area (Å²) in [4.78, 5) is 0. The lowest BCUT2D eigenvalue weighted by Gasteiger charge is -1.88. The summed E-state index contributed by atoms with van der Waals surface area (Å²) in [5.41, 5.74) is 6.10. The van der Waals surface area contributed by atoms with E-state index in [2.05, 4.69) is 5.10 Å². The molecule has 1 rings (SSSR count). The summed E-state index contributed by atoms with van der Waals surface area (Å²) in [6.07, 6.45) is 3.45. The second-order valence-electron chi connectivity index (χ2n) is 1.63. The average Bonchev–Trinajstić information content (AvgIpc) is 2.14. The fraction of sp³-hybridized carbons (Fsp3) is 0.400. The first-order valence-electron chi connectivity index (χ1n) is 2.61. The van der Waals surface area contributed by atoms with E-state index in [4.69, 9.17) is 5.73 Å². The van der Waals surface area contributed by atoms with Crippen molar-refractivity contribution >= 4 is 30.5 Å². The Morgan fingerprint density at radius 1 is 1.60 bits per heavy atom. The molecule has 0 unspecified atom stereocenters. The van der Waals surface area contributed by atoms with E-state index in [1.807, 2.05) is 6.92 Å². The molecule has 1 aromatic rings. The predicted molar refractivity (Wildman–Crippen MR) is 46.8 cm³/mol. The van der Waals surface area contributed by atoms with Crippen molar-refractivity contribution in [3.8, 4) is 0 Å². The van der Waals surface area contributed by atoms with E-state index in [1.165, 1.54) is 0 Å². The van der Waals surface area contributed by atoms with Gasteiger partial charge in [-0.2, -0.15) is 5.10 Å². The summed E-state index contributed by atoms with van der Waals surface area (Å²) in [6.45, 7) is 2.91. The Balaban J connectivity index is 0. The van der Waals surface area contributed by atoms with Crippen LogP contribution < -0.4 is 5.73 Å². The smallest absolute Gasteiger partial charge is 0.0719 e. The molecule has 0 bridgehead atoms. The fourth-order valence-corrected chi connectivity index (χ4v) is 0.553. The molecule has 3 nitrogen and oxygen atoms in total. The van der Waals surface area contributed by atoms with Crippen LogP contribution in [0.1, 0.15) is 6.92 Å². The first-order chi connectivity index (χ1) is 3.83. The van der Waals surface area contributed by atoms with E-state index in [0.717, 1.165) is 12.2 Å². The number of nitrogens with zero attached hydrogens (tertiary/aromatic N) is 2. The number of hydrogen-bond donors (Lipinski definition) is 1. The number of aromatic nitrogens is 2. The second-order valence-corrected chi connectivity index (χ2v) is 1.63. The van der Waals surface area contributed by atoms with Gasteiger partial charge in [-0.1, -0.05) is 0 Å². The van der Waals surface area contributed by atoms with Gasteiger partial charge in [0.1, 0.15) is 0 Å². The maximum Gasteiger partial charge on any atom is 0.0719 e. The lowest BCUT2D eigenvalue weighted by Crippen LogP contribution is -1.92. The van der Waals surface area contributed by atoms with Crippen molar-refractivity contribution in [2.75, 3.05) is 5.73 Å². The fourth-order valence-electron chi connectivity index (χ4n) is 0.553. The molecule has 0 aromatic carbocycles. The molecule has 1 aromatic heterocycles. The zero-order valence-electron chi connectivity index (χ0n) is 5.65. The molecule has 0 fully saturated rings. The summed E-state index contributed by atoms with van der Waals surface area (Å²) in [5, 5.41) is 3.93. The number of aryl methyl sites for hydroxylation is 1. The molecule has 0 saturated carbocycles. The zero-order valence-corrected chi connectivity index (χ0v) is 7.28. The van der Waals surface area contributed by atoms with Crippen LogP contribution in [0.5, 0.6) is 0 Å². The van der Waals surface area contributed by atoms with Crippen molar-refractivity contribution in [2.45, 2.75) is 13.5 Å². The summed E-state index contributed by atoms with van der Waals surface area (Å²) >= 11 is 0. The number of rotatable bonds is 1. The molecule has 0 aliphatic heterocycles. The molecule has 60 valence electrons. The van der Waals surface area contributed by atoms with Gasteiger partial charge in [0, 0.05) is 12.7 Å².